The lowest BCUT2D eigenvalue weighted by Crippen LogP contribution is -2.30. The minimum atomic E-state index is -0.401. The predicted molar refractivity (Wildman–Crippen MR) is 129 cm³/mol. The van der Waals surface area contributed by atoms with E-state index in [-0.39, 0.29) is 11.6 Å². The van der Waals surface area contributed by atoms with E-state index in [0.717, 1.165) is 48.3 Å². The van der Waals surface area contributed by atoms with Gasteiger partial charge in [-0.2, -0.15) is 0 Å². The number of carbonyl (C=O) groups excluding carboxylic acids is 2. The fraction of sp³-hybridized carbons (Fsp3) is 0.379. The minimum Gasteiger partial charge on any atom is -0.493 e. The SMILES string of the molecule is COc1cc(C2C3=C(CCCC3=O)OC3=C2C(=O)CCC3)ccc1OCc1ccc(C)c(C)c1. The summed E-state index contributed by atoms with van der Waals surface area (Å²) < 4.78 is 17.9. The molecule has 5 nitrogen and oxygen atoms in total. The Morgan fingerprint density at radius 1 is 0.824 bits per heavy atom. The highest BCUT2D eigenvalue weighted by Crippen LogP contribution is 2.48. The summed E-state index contributed by atoms with van der Waals surface area (Å²) in [6.07, 6.45) is 4.02. The Balaban J connectivity index is 1.50. The quantitative estimate of drug-likeness (QED) is 0.548. The average molecular weight is 459 g/mol. The van der Waals surface area contributed by atoms with E-state index in [2.05, 4.69) is 32.0 Å². The molecule has 3 aliphatic rings. The van der Waals surface area contributed by atoms with Gasteiger partial charge in [-0.1, -0.05) is 24.3 Å². The molecule has 5 rings (SSSR count). The Morgan fingerprint density at radius 2 is 1.50 bits per heavy atom. The molecule has 0 amide bonds. The average Bonchev–Trinajstić information content (AvgIpc) is 2.84. The van der Waals surface area contributed by atoms with Gasteiger partial charge in [-0.25, -0.2) is 0 Å². The first-order valence-electron chi connectivity index (χ1n) is 12.0. The van der Waals surface area contributed by atoms with E-state index in [9.17, 15) is 9.59 Å². The van der Waals surface area contributed by atoms with Gasteiger partial charge in [0.2, 0.25) is 0 Å². The summed E-state index contributed by atoms with van der Waals surface area (Å²) in [6, 6.07) is 12.0. The number of hydrogen-bond acceptors (Lipinski definition) is 5. The van der Waals surface area contributed by atoms with E-state index >= 15 is 0 Å². The molecule has 0 radical (unpaired) electrons. The van der Waals surface area contributed by atoms with Gasteiger partial charge >= 0.3 is 0 Å². The van der Waals surface area contributed by atoms with Gasteiger partial charge in [0.25, 0.3) is 0 Å². The molecule has 176 valence electrons. The molecule has 34 heavy (non-hydrogen) atoms. The van der Waals surface area contributed by atoms with Gasteiger partial charge in [0, 0.05) is 42.7 Å². The van der Waals surface area contributed by atoms with Crippen molar-refractivity contribution >= 4 is 11.6 Å². The van der Waals surface area contributed by atoms with Crippen LogP contribution in [0.4, 0.5) is 0 Å². The zero-order valence-electron chi connectivity index (χ0n) is 20.0. The molecule has 5 heteroatoms. The fourth-order valence-electron chi connectivity index (χ4n) is 5.19. The molecule has 0 atom stereocenters. The Bertz CT molecular complexity index is 1190. The summed E-state index contributed by atoms with van der Waals surface area (Å²) in [6.45, 7) is 4.61. The number of ketones is 2. The summed E-state index contributed by atoms with van der Waals surface area (Å²) in [5, 5.41) is 0. The number of ether oxygens (including phenoxy) is 3. The zero-order chi connectivity index (χ0) is 23.8. The molecule has 0 saturated carbocycles. The smallest absolute Gasteiger partial charge is 0.163 e. The van der Waals surface area contributed by atoms with Gasteiger partial charge in [0.15, 0.2) is 23.1 Å². The second-order valence-corrected chi connectivity index (χ2v) is 9.38. The van der Waals surface area contributed by atoms with Crippen molar-refractivity contribution in [2.24, 2.45) is 0 Å². The van der Waals surface area contributed by atoms with Crippen LogP contribution in [0.15, 0.2) is 59.1 Å². The number of Topliss-reactive ketones (excluding diaryl/α,β-unsaturated/α-hetero) is 2. The largest absolute Gasteiger partial charge is 0.493 e. The number of carbonyl (C=O) groups is 2. The number of hydrogen-bond donors (Lipinski definition) is 0. The first kappa shape index (κ1) is 22.5. The maximum Gasteiger partial charge on any atom is 0.163 e. The molecule has 0 fully saturated rings. The first-order valence-corrected chi connectivity index (χ1v) is 12.0. The number of benzene rings is 2. The Morgan fingerprint density at radius 3 is 2.12 bits per heavy atom. The lowest BCUT2D eigenvalue weighted by molar-refractivity contribution is -0.117. The summed E-state index contributed by atoms with van der Waals surface area (Å²) in [4.78, 5) is 26.0. The van der Waals surface area contributed by atoms with Crippen LogP contribution < -0.4 is 9.47 Å². The van der Waals surface area contributed by atoms with Gasteiger partial charge in [-0.15, -0.1) is 0 Å². The summed E-state index contributed by atoms with van der Waals surface area (Å²) in [7, 11) is 1.61. The fourth-order valence-corrected chi connectivity index (χ4v) is 5.19. The second-order valence-electron chi connectivity index (χ2n) is 9.38. The first-order chi connectivity index (χ1) is 16.5. The molecule has 0 bridgehead atoms. The van der Waals surface area contributed by atoms with E-state index < -0.39 is 5.92 Å². The molecule has 0 saturated heterocycles. The summed E-state index contributed by atoms with van der Waals surface area (Å²) in [5.74, 6) is 2.44. The van der Waals surface area contributed by atoms with E-state index in [1.54, 1.807) is 7.11 Å². The Labute approximate surface area is 200 Å². The molecule has 0 unspecified atom stereocenters. The maximum atomic E-state index is 13.0. The van der Waals surface area contributed by atoms with E-state index in [1.807, 2.05) is 18.2 Å². The van der Waals surface area contributed by atoms with Crippen LogP contribution in [0.1, 0.15) is 66.7 Å². The van der Waals surface area contributed by atoms with Crippen molar-refractivity contribution in [1.29, 1.82) is 0 Å². The van der Waals surface area contributed by atoms with Crippen LogP contribution in [0.25, 0.3) is 0 Å². The van der Waals surface area contributed by atoms with E-state index in [0.29, 0.717) is 42.1 Å². The zero-order valence-corrected chi connectivity index (χ0v) is 20.0. The number of methoxy groups -OCH3 is 1. The summed E-state index contributed by atoms with van der Waals surface area (Å²) in [5.41, 5.74) is 5.72. The van der Waals surface area contributed by atoms with Gasteiger partial charge < -0.3 is 14.2 Å². The predicted octanol–water partition coefficient (Wildman–Crippen LogP) is 6.02. The molecular weight excluding hydrogens is 428 g/mol. The number of aryl methyl sites for hydroxylation is 2. The van der Waals surface area contributed by atoms with Crippen molar-refractivity contribution in [2.75, 3.05) is 7.11 Å². The van der Waals surface area contributed by atoms with E-state index in [1.165, 1.54) is 11.1 Å². The highest BCUT2D eigenvalue weighted by molar-refractivity contribution is 6.05. The van der Waals surface area contributed by atoms with Crippen molar-refractivity contribution in [2.45, 2.75) is 64.9 Å². The molecule has 2 aliphatic carbocycles. The van der Waals surface area contributed by atoms with Crippen LogP contribution in [0.3, 0.4) is 0 Å². The number of allylic oxidation sites excluding steroid dienone is 4. The van der Waals surface area contributed by atoms with Crippen molar-refractivity contribution in [3.05, 3.63) is 81.3 Å². The molecule has 2 aromatic carbocycles. The topological polar surface area (TPSA) is 61.8 Å². The Kier molecular flexibility index (Phi) is 6.03. The lowest BCUT2D eigenvalue weighted by Gasteiger charge is -2.36. The Hall–Kier alpha value is -3.34. The van der Waals surface area contributed by atoms with Crippen LogP contribution in [-0.4, -0.2) is 18.7 Å². The third-order valence-corrected chi connectivity index (χ3v) is 7.13. The molecule has 0 N–H and O–H groups in total. The standard InChI is InChI=1S/C29H30O5/c1-17-10-11-19(14-18(17)2)16-33-23-13-12-20(15-26(23)32-3)27-28-21(30)6-4-8-24(28)34-25-9-5-7-22(31)29(25)27/h10-15,27H,4-9,16H2,1-3H3. The molecular formula is C29H30O5. The lowest BCUT2D eigenvalue weighted by atomic mass is 9.73. The van der Waals surface area contributed by atoms with Gasteiger partial charge in [0.05, 0.1) is 7.11 Å². The third-order valence-electron chi connectivity index (χ3n) is 7.13. The molecule has 1 aliphatic heterocycles. The van der Waals surface area contributed by atoms with Gasteiger partial charge in [0.1, 0.15) is 18.1 Å². The van der Waals surface area contributed by atoms with Crippen LogP contribution in [0.2, 0.25) is 0 Å². The molecule has 2 aromatic rings. The number of rotatable bonds is 5. The van der Waals surface area contributed by atoms with E-state index in [4.69, 9.17) is 14.2 Å². The highest BCUT2D eigenvalue weighted by atomic mass is 16.5. The van der Waals surface area contributed by atoms with Crippen LogP contribution in [0, 0.1) is 13.8 Å². The van der Waals surface area contributed by atoms with Gasteiger partial charge in [-0.3, -0.25) is 9.59 Å². The highest BCUT2D eigenvalue weighted by Gasteiger charge is 2.41. The van der Waals surface area contributed by atoms with Crippen LogP contribution in [0.5, 0.6) is 11.5 Å². The normalized spacial score (nSPS) is 18.4. The third kappa shape index (κ3) is 4.04. The van der Waals surface area contributed by atoms with Crippen molar-refractivity contribution < 1.29 is 23.8 Å². The maximum absolute atomic E-state index is 13.0. The molecule has 1 heterocycles. The second kappa shape index (κ2) is 9.13. The van der Waals surface area contributed by atoms with Crippen LogP contribution >= 0.6 is 0 Å². The summed E-state index contributed by atoms with van der Waals surface area (Å²) >= 11 is 0. The monoisotopic (exact) mass is 458 g/mol. The molecule has 0 aromatic heterocycles. The van der Waals surface area contributed by atoms with Gasteiger partial charge in [-0.05, 0) is 61.1 Å². The van der Waals surface area contributed by atoms with Crippen LogP contribution in [-0.2, 0) is 20.9 Å². The minimum absolute atomic E-state index is 0.0743. The molecule has 0 spiro atoms. The van der Waals surface area contributed by atoms with Crippen molar-refractivity contribution in [3.8, 4) is 11.5 Å². The van der Waals surface area contributed by atoms with Crippen molar-refractivity contribution in [3.63, 3.8) is 0 Å². The van der Waals surface area contributed by atoms with Crippen molar-refractivity contribution in [1.82, 2.24) is 0 Å².